The van der Waals surface area contributed by atoms with Gasteiger partial charge in [0.1, 0.15) is 5.82 Å². The van der Waals surface area contributed by atoms with Crippen LogP contribution in [-0.2, 0) is 6.54 Å². The molecule has 1 aromatic carbocycles. The van der Waals surface area contributed by atoms with E-state index in [-0.39, 0.29) is 5.82 Å². The minimum Gasteiger partial charge on any atom is -0.398 e. The summed E-state index contributed by atoms with van der Waals surface area (Å²) in [5.74, 6) is 0.469. The van der Waals surface area contributed by atoms with E-state index in [1.807, 2.05) is 0 Å². The van der Waals surface area contributed by atoms with Crippen molar-refractivity contribution in [1.82, 2.24) is 4.90 Å². The number of hydrogen-bond acceptors (Lipinski definition) is 2. The average molecular weight is 236 g/mol. The number of nitrogen functional groups attached to an aromatic ring is 1. The Bertz CT molecular complexity index is 392. The Morgan fingerprint density at radius 3 is 2.88 bits per heavy atom. The second kappa shape index (κ2) is 5.05. The van der Waals surface area contributed by atoms with Gasteiger partial charge in [-0.15, -0.1) is 0 Å². The molecule has 94 valence electrons. The number of likely N-dealkylation sites (tertiary alicyclic amines) is 1. The van der Waals surface area contributed by atoms with E-state index in [0.29, 0.717) is 11.7 Å². The molecule has 0 aromatic heterocycles. The zero-order valence-electron chi connectivity index (χ0n) is 10.6. The molecule has 0 amide bonds. The number of benzene rings is 1. The Morgan fingerprint density at radius 2 is 2.18 bits per heavy atom. The third kappa shape index (κ3) is 2.78. The Balaban J connectivity index is 2.09. The monoisotopic (exact) mass is 236 g/mol. The summed E-state index contributed by atoms with van der Waals surface area (Å²) in [6.45, 7) is 6.51. The number of piperidine rings is 1. The van der Waals surface area contributed by atoms with E-state index < -0.39 is 0 Å². The van der Waals surface area contributed by atoms with E-state index >= 15 is 0 Å². The predicted molar refractivity (Wildman–Crippen MR) is 69.1 cm³/mol. The molecule has 0 spiro atoms. The number of anilines is 1. The van der Waals surface area contributed by atoms with Gasteiger partial charge in [-0.25, -0.2) is 4.39 Å². The highest BCUT2D eigenvalue weighted by molar-refractivity contribution is 5.46. The van der Waals surface area contributed by atoms with Crippen molar-refractivity contribution >= 4 is 5.69 Å². The average Bonchev–Trinajstić information content (AvgIpc) is 2.28. The fraction of sp³-hybridized carbons (Fsp3) is 0.571. The van der Waals surface area contributed by atoms with Crippen molar-refractivity contribution in [3.8, 4) is 0 Å². The third-order valence-corrected chi connectivity index (χ3v) is 3.99. The minimum atomic E-state index is -0.258. The maximum Gasteiger partial charge on any atom is 0.125 e. The van der Waals surface area contributed by atoms with Crippen LogP contribution >= 0.6 is 0 Å². The zero-order chi connectivity index (χ0) is 12.4. The molecule has 1 aliphatic rings. The molecule has 1 saturated heterocycles. The van der Waals surface area contributed by atoms with Crippen molar-refractivity contribution < 1.29 is 4.39 Å². The first kappa shape index (κ1) is 12.4. The van der Waals surface area contributed by atoms with Crippen LogP contribution in [0.25, 0.3) is 0 Å². The van der Waals surface area contributed by atoms with Crippen LogP contribution in [0.3, 0.4) is 0 Å². The van der Waals surface area contributed by atoms with Gasteiger partial charge in [0.25, 0.3) is 0 Å². The van der Waals surface area contributed by atoms with Crippen molar-refractivity contribution in [3.05, 3.63) is 29.6 Å². The summed E-state index contributed by atoms with van der Waals surface area (Å²) in [5, 5.41) is 0. The second-order valence-corrected chi connectivity index (χ2v) is 5.17. The summed E-state index contributed by atoms with van der Waals surface area (Å²) in [7, 11) is 0. The molecule has 1 aromatic rings. The van der Waals surface area contributed by atoms with Gasteiger partial charge in [0.05, 0.1) is 0 Å². The molecular weight excluding hydrogens is 215 g/mol. The van der Waals surface area contributed by atoms with Crippen LogP contribution < -0.4 is 5.73 Å². The largest absolute Gasteiger partial charge is 0.398 e. The maximum absolute atomic E-state index is 13.0. The minimum absolute atomic E-state index is 0.258. The van der Waals surface area contributed by atoms with Gasteiger partial charge >= 0.3 is 0 Å². The molecule has 2 atom stereocenters. The molecule has 0 radical (unpaired) electrons. The van der Waals surface area contributed by atoms with Gasteiger partial charge in [0.15, 0.2) is 0 Å². The summed E-state index contributed by atoms with van der Waals surface area (Å²) in [5.41, 5.74) is 7.45. The van der Waals surface area contributed by atoms with Gasteiger partial charge in [-0.2, -0.15) is 0 Å². The molecule has 0 saturated carbocycles. The molecule has 2 unspecified atom stereocenters. The summed E-state index contributed by atoms with van der Waals surface area (Å²) in [6.07, 6.45) is 2.54. The number of rotatable bonds is 2. The SMILES string of the molecule is CC1CCCN(Cc2ccc(F)cc2N)C1C. The molecule has 0 aliphatic carbocycles. The number of nitrogens with two attached hydrogens (primary N) is 1. The van der Waals surface area contributed by atoms with Gasteiger partial charge in [-0.1, -0.05) is 13.0 Å². The molecule has 2 nitrogen and oxygen atoms in total. The fourth-order valence-corrected chi connectivity index (χ4v) is 2.57. The van der Waals surface area contributed by atoms with Crippen molar-refractivity contribution in [3.63, 3.8) is 0 Å². The van der Waals surface area contributed by atoms with Gasteiger partial charge < -0.3 is 5.73 Å². The predicted octanol–water partition coefficient (Wildman–Crippen LogP) is 3.03. The molecular formula is C14H21FN2. The van der Waals surface area contributed by atoms with Crippen LogP contribution in [-0.4, -0.2) is 17.5 Å². The smallest absolute Gasteiger partial charge is 0.125 e. The van der Waals surface area contributed by atoms with E-state index in [4.69, 9.17) is 5.73 Å². The first-order chi connectivity index (χ1) is 8.08. The summed E-state index contributed by atoms with van der Waals surface area (Å²) < 4.78 is 13.0. The van der Waals surface area contributed by atoms with E-state index in [1.165, 1.54) is 25.0 Å². The van der Waals surface area contributed by atoms with Gasteiger partial charge in [0, 0.05) is 18.3 Å². The number of nitrogens with zero attached hydrogens (tertiary/aromatic N) is 1. The Morgan fingerprint density at radius 1 is 1.41 bits per heavy atom. The Kier molecular flexibility index (Phi) is 3.67. The molecule has 1 fully saturated rings. The molecule has 1 aliphatic heterocycles. The first-order valence-electron chi connectivity index (χ1n) is 6.36. The summed E-state index contributed by atoms with van der Waals surface area (Å²) in [6, 6.07) is 5.28. The fourth-order valence-electron chi connectivity index (χ4n) is 2.57. The van der Waals surface area contributed by atoms with Gasteiger partial charge in [-0.3, -0.25) is 4.90 Å². The lowest BCUT2D eigenvalue weighted by Gasteiger charge is -2.38. The third-order valence-electron chi connectivity index (χ3n) is 3.99. The zero-order valence-corrected chi connectivity index (χ0v) is 10.6. The van der Waals surface area contributed by atoms with Gasteiger partial charge in [0.2, 0.25) is 0 Å². The first-order valence-corrected chi connectivity index (χ1v) is 6.36. The van der Waals surface area contributed by atoms with Crippen molar-refractivity contribution in [2.75, 3.05) is 12.3 Å². The highest BCUT2D eigenvalue weighted by Gasteiger charge is 2.24. The Hall–Kier alpha value is -1.09. The Labute approximate surface area is 103 Å². The summed E-state index contributed by atoms with van der Waals surface area (Å²) in [4.78, 5) is 2.44. The van der Waals surface area contributed by atoms with Crippen LogP contribution in [0.1, 0.15) is 32.3 Å². The lowest BCUT2D eigenvalue weighted by molar-refractivity contribution is 0.107. The van der Waals surface area contributed by atoms with Crippen LogP contribution in [0.2, 0.25) is 0 Å². The van der Waals surface area contributed by atoms with Crippen molar-refractivity contribution in [2.24, 2.45) is 5.92 Å². The molecule has 0 bridgehead atoms. The molecule has 3 heteroatoms. The lowest BCUT2D eigenvalue weighted by Crippen LogP contribution is -2.41. The van der Waals surface area contributed by atoms with E-state index in [2.05, 4.69) is 18.7 Å². The highest BCUT2D eigenvalue weighted by Crippen LogP contribution is 2.26. The maximum atomic E-state index is 13.0. The van der Waals surface area contributed by atoms with E-state index in [9.17, 15) is 4.39 Å². The normalized spacial score (nSPS) is 26.1. The summed E-state index contributed by atoms with van der Waals surface area (Å²) >= 11 is 0. The van der Waals surface area contributed by atoms with Crippen LogP contribution in [0.5, 0.6) is 0 Å². The van der Waals surface area contributed by atoms with Gasteiger partial charge in [-0.05, 0) is 49.9 Å². The van der Waals surface area contributed by atoms with E-state index in [0.717, 1.165) is 24.6 Å². The molecule has 2 rings (SSSR count). The molecule has 1 heterocycles. The number of hydrogen-bond donors (Lipinski definition) is 1. The van der Waals surface area contributed by atoms with Crippen LogP contribution in [0, 0.1) is 11.7 Å². The van der Waals surface area contributed by atoms with Crippen molar-refractivity contribution in [2.45, 2.75) is 39.3 Å². The second-order valence-electron chi connectivity index (χ2n) is 5.17. The molecule has 2 N–H and O–H groups in total. The van der Waals surface area contributed by atoms with Crippen LogP contribution in [0.4, 0.5) is 10.1 Å². The van der Waals surface area contributed by atoms with Crippen LogP contribution in [0.15, 0.2) is 18.2 Å². The lowest BCUT2D eigenvalue weighted by atomic mass is 9.91. The quantitative estimate of drug-likeness (QED) is 0.800. The number of halogens is 1. The molecule has 17 heavy (non-hydrogen) atoms. The topological polar surface area (TPSA) is 29.3 Å². The van der Waals surface area contributed by atoms with E-state index in [1.54, 1.807) is 6.07 Å². The van der Waals surface area contributed by atoms with Crippen molar-refractivity contribution in [1.29, 1.82) is 0 Å². The standard InChI is InChI=1S/C14H21FN2/c1-10-4-3-7-17(11(10)2)9-12-5-6-13(15)8-14(12)16/h5-6,8,10-11H,3-4,7,9,16H2,1-2H3. The highest BCUT2D eigenvalue weighted by atomic mass is 19.1.